The second kappa shape index (κ2) is 2.21. The summed E-state index contributed by atoms with van der Waals surface area (Å²) < 4.78 is 0. The highest BCUT2D eigenvalue weighted by Gasteiger charge is 2.40. The molecule has 0 aromatic carbocycles. The van der Waals surface area contributed by atoms with E-state index in [-0.39, 0.29) is 6.10 Å². The van der Waals surface area contributed by atoms with Gasteiger partial charge in [-0.25, -0.2) is 0 Å². The third kappa shape index (κ3) is 0.867. The molecule has 0 radical (unpaired) electrons. The van der Waals surface area contributed by atoms with Crippen LogP contribution in [0.15, 0.2) is 0 Å². The molecule has 0 amide bonds. The number of likely N-dealkylation sites (tertiary alicyclic amines) is 1. The van der Waals surface area contributed by atoms with Gasteiger partial charge in [-0.15, -0.1) is 0 Å². The fourth-order valence-electron chi connectivity index (χ4n) is 2.46. The summed E-state index contributed by atoms with van der Waals surface area (Å²) in [6, 6.07) is 0. The maximum absolute atomic E-state index is 9.49. The van der Waals surface area contributed by atoms with E-state index < -0.39 is 0 Å². The van der Waals surface area contributed by atoms with Gasteiger partial charge in [-0.2, -0.15) is 0 Å². The number of hydrogen-bond donors (Lipinski definition) is 1. The summed E-state index contributed by atoms with van der Waals surface area (Å²) in [7, 11) is 2.14. The molecular formula is C8H15NO. The normalized spacial score (nSPS) is 48.0. The van der Waals surface area contributed by atoms with Crippen molar-refractivity contribution in [3.05, 3.63) is 0 Å². The average molecular weight is 141 g/mol. The van der Waals surface area contributed by atoms with Crippen molar-refractivity contribution in [2.75, 3.05) is 20.1 Å². The van der Waals surface area contributed by atoms with Crippen LogP contribution >= 0.6 is 0 Å². The minimum atomic E-state index is 0.00921. The predicted molar refractivity (Wildman–Crippen MR) is 39.7 cm³/mol. The Morgan fingerprint density at radius 2 is 2.10 bits per heavy atom. The molecule has 2 aliphatic rings. The van der Waals surface area contributed by atoms with Crippen molar-refractivity contribution >= 4 is 0 Å². The average Bonchev–Trinajstić information content (AvgIpc) is 2.35. The van der Waals surface area contributed by atoms with Crippen LogP contribution in [0.4, 0.5) is 0 Å². The van der Waals surface area contributed by atoms with E-state index in [1.54, 1.807) is 0 Å². The topological polar surface area (TPSA) is 23.5 Å². The van der Waals surface area contributed by atoms with E-state index in [9.17, 15) is 5.11 Å². The summed E-state index contributed by atoms with van der Waals surface area (Å²) in [6.45, 7) is 2.33. The van der Waals surface area contributed by atoms with Crippen molar-refractivity contribution in [2.24, 2.45) is 11.8 Å². The summed E-state index contributed by atoms with van der Waals surface area (Å²) in [5.74, 6) is 1.41. The van der Waals surface area contributed by atoms with E-state index in [4.69, 9.17) is 0 Å². The van der Waals surface area contributed by atoms with E-state index in [1.807, 2.05) is 0 Å². The summed E-state index contributed by atoms with van der Waals surface area (Å²) in [4.78, 5) is 2.33. The molecule has 1 aliphatic heterocycles. The Kier molecular flexibility index (Phi) is 1.46. The van der Waals surface area contributed by atoms with Gasteiger partial charge in [-0.05, 0) is 25.8 Å². The monoisotopic (exact) mass is 141 g/mol. The first-order valence-electron chi connectivity index (χ1n) is 4.14. The molecule has 3 atom stereocenters. The zero-order chi connectivity index (χ0) is 7.14. The van der Waals surface area contributed by atoms with Crippen LogP contribution < -0.4 is 0 Å². The van der Waals surface area contributed by atoms with Gasteiger partial charge < -0.3 is 10.0 Å². The summed E-state index contributed by atoms with van der Waals surface area (Å²) in [6.07, 6.45) is 2.30. The quantitative estimate of drug-likeness (QED) is 0.525. The van der Waals surface area contributed by atoms with Crippen LogP contribution in [0.3, 0.4) is 0 Å². The molecule has 0 bridgehead atoms. The lowest BCUT2D eigenvalue weighted by molar-refractivity contribution is 0.126. The Bertz CT molecular complexity index is 137. The van der Waals surface area contributed by atoms with E-state index in [1.165, 1.54) is 13.0 Å². The minimum Gasteiger partial charge on any atom is -0.393 e. The Morgan fingerprint density at radius 3 is 2.80 bits per heavy atom. The molecule has 2 fully saturated rings. The molecule has 58 valence electrons. The molecule has 10 heavy (non-hydrogen) atoms. The molecule has 2 rings (SSSR count). The van der Waals surface area contributed by atoms with Gasteiger partial charge in [-0.3, -0.25) is 0 Å². The van der Waals surface area contributed by atoms with Gasteiger partial charge in [0, 0.05) is 19.0 Å². The number of aliphatic hydroxyl groups excluding tert-OH is 1. The molecular weight excluding hydrogens is 126 g/mol. The van der Waals surface area contributed by atoms with E-state index >= 15 is 0 Å². The van der Waals surface area contributed by atoms with Crippen molar-refractivity contribution in [3.8, 4) is 0 Å². The molecule has 0 aromatic rings. The molecule has 1 saturated carbocycles. The highest BCUT2D eigenvalue weighted by Crippen LogP contribution is 2.37. The maximum Gasteiger partial charge on any atom is 0.0583 e. The Hall–Kier alpha value is -0.0800. The minimum absolute atomic E-state index is 0.00921. The molecule has 2 heteroatoms. The Balaban J connectivity index is 2.05. The van der Waals surface area contributed by atoms with Crippen LogP contribution in [0.25, 0.3) is 0 Å². The summed E-state index contributed by atoms with van der Waals surface area (Å²) in [5, 5.41) is 9.49. The smallest absolute Gasteiger partial charge is 0.0583 e. The van der Waals surface area contributed by atoms with Gasteiger partial charge in [0.05, 0.1) is 6.10 Å². The van der Waals surface area contributed by atoms with Gasteiger partial charge in [0.1, 0.15) is 0 Å². The van der Waals surface area contributed by atoms with Gasteiger partial charge in [0.2, 0.25) is 0 Å². The highest BCUT2D eigenvalue weighted by molar-refractivity contribution is 4.92. The zero-order valence-corrected chi connectivity index (χ0v) is 6.45. The number of hydrogen-bond acceptors (Lipinski definition) is 2. The standard InChI is InChI=1S/C8H15NO/c1-9-4-6-2-3-8(10)7(6)5-9/h6-8,10H,2-5H2,1H3/t6-,7+,8+/m0/s1. The third-order valence-corrected chi connectivity index (χ3v) is 3.00. The van der Waals surface area contributed by atoms with Crippen LogP contribution in [0.1, 0.15) is 12.8 Å². The van der Waals surface area contributed by atoms with E-state index in [0.29, 0.717) is 5.92 Å². The fraction of sp³-hybridized carbons (Fsp3) is 1.00. The lowest BCUT2D eigenvalue weighted by Crippen LogP contribution is -2.21. The van der Waals surface area contributed by atoms with Crippen LogP contribution in [0.2, 0.25) is 0 Å². The second-order valence-corrected chi connectivity index (χ2v) is 3.79. The van der Waals surface area contributed by atoms with Gasteiger partial charge >= 0.3 is 0 Å². The summed E-state index contributed by atoms with van der Waals surface area (Å²) >= 11 is 0. The molecule has 1 saturated heterocycles. The van der Waals surface area contributed by atoms with Crippen LogP contribution in [-0.4, -0.2) is 36.2 Å². The number of rotatable bonds is 0. The molecule has 1 N–H and O–H groups in total. The molecule has 0 spiro atoms. The third-order valence-electron chi connectivity index (χ3n) is 3.00. The molecule has 1 aliphatic carbocycles. The molecule has 0 aromatic heterocycles. The zero-order valence-electron chi connectivity index (χ0n) is 6.45. The number of nitrogens with zero attached hydrogens (tertiary/aromatic N) is 1. The first kappa shape index (κ1) is 6.62. The van der Waals surface area contributed by atoms with Crippen molar-refractivity contribution < 1.29 is 5.11 Å². The fourth-order valence-corrected chi connectivity index (χ4v) is 2.46. The van der Waals surface area contributed by atoms with Crippen LogP contribution in [0.5, 0.6) is 0 Å². The molecule has 1 heterocycles. The Morgan fingerprint density at radius 1 is 1.30 bits per heavy atom. The SMILES string of the molecule is CN1C[C@@H]2CC[C@@H](O)[C@@H]2C1. The largest absolute Gasteiger partial charge is 0.393 e. The Labute approximate surface area is 61.8 Å². The van der Waals surface area contributed by atoms with Crippen molar-refractivity contribution in [1.29, 1.82) is 0 Å². The summed E-state index contributed by atoms with van der Waals surface area (Å²) in [5.41, 5.74) is 0. The van der Waals surface area contributed by atoms with Crippen molar-refractivity contribution in [2.45, 2.75) is 18.9 Å². The van der Waals surface area contributed by atoms with Gasteiger partial charge in [0.25, 0.3) is 0 Å². The van der Waals surface area contributed by atoms with Crippen LogP contribution in [0, 0.1) is 11.8 Å². The van der Waals surface area contributed by atoms with E-state index in [2.05, 4.69) is 11.9 Å². The van der Waals surface area contributed by atoms with Crippen LogP contribution in [-0.2, 0) is 0 Å². The second-order valence-electron chi connectivity index (χ2n) is 3.79. The molecule has 0 unspecified atom stereocenters. The first-order chi connectivity index (χ1) is 4.77. The number of fused-ring (bicyclic) bond motifs is 1. The predicted octanol–water partition coefficient (Wildman–Crippen LogP) is 0.319. The van der Waals surface area contributed by atoms with Crippen molar-refractivity contribution in [3.63, 3.8) is 0 Å². The lowest BCUT2D eigenvalue weighted by Gasteiger charge is -2.11. The molecule has 2 nitrogen and oxygen atoms in total. The lowest BCUT2D eigenvalue weighted by atomic mass is 10.00. The van der Waals surface area contributed by atoms with Crippen molar-refractivity contribution in [1.82, 2.24) is 4.90 Å². The van der Waals surface area contributed by atoms with Gasteiger partial charge in [0.15, 0.2) is 0 Å². The maximum atomic E-state index is 9.49. The first-order valence-corrected chi connectivity index (χ1v) is 4.14. The van der Waals surface area contributed by atoms with E-state index in [0.717, 1.165) is 18.9 Å². The highest BCUT2D eigenvalue weighted by atomic mass is 16.3. The van der Waals surface area contributed by atoms with Gasteiger partial charge in [-0.1, -0.05) is 0 Å². The number of aliphatic hydroxyl groups is 1.